The van der Waals surface area contributed by atoms with E-state index in [0.717, 1.165) is 5.56 Å². The summed E-state index contributed by atoms with van der Waals surface area (Å²) in [7, 11) is 0. The molecule has 2 aromatic carbocycles. The van der Waals surface area contributed by atoms with Gasteiger partial charge in [-0.1, -0.05) is 23.7 Å². The lowest BCUT2D eigenvalue weighted by atomic mass is 10.1. The molecule has 0 saturated heterocycles. The highest BCUT2D eigenvalue weighted by molar-refractivity contribution is 6.31. The third kappa shape index (κ3) is 3.47. The highest BCUT2D eigenvalue weighted by Crippen LogP contribution is 2.27. The zero-order chi connectivity index (χ0) is 15.4. The number of halogens is 1. The van der Waals surface area contributed by atoms with Gasteiger partial charge in [0.1, 0.15) is 11.3 Å². The van der Waals surface area contributed by atoms with E-state index in [0.29, 0.717) is 34.3 Å². The van der Waals surface area contributed by atoms with Crippen molar-refractivity contribution in [2.75, 3.05) is 17.7 Å². The van der Waals surface area contributed by atoms with Crippen molar-refractivity contribution in [2.45, 2.75) is 13.8 Å². The van der Waals surface area contributed by atoms with Gasteiger partial charge in [-0.3, -0.25) is 4.79 Å². The smallest absolute Gasteiger partial charge is 0.261 e. The van der Waals surface area contributed by atoms with E-state index >= 15 is 0 Å². The zero-order valence-corrected chi connectivity index (χ0v) is 12.7. The highest BCUT2D eigenvalue weighted by atomic mass is 35.5. The van der Waals surface area contributed by atoms with Gasteiger partial charge in [0.2, 0.25) is 0 Å². The molecule has 4 nitrogen and oxygen atoms in total. The molecule has 2 rings (SSSR count). The van der Waals surface area contributed by atoms with Crippen LogP contribution in [0, 0.1) is 6.92 Å². The molecule has 0 aliphatic heterocycles. The lowest BCUT2D eigenvalue weighted by Gasteiger charge is -2.14. The van der Waals surface area contributed by atoms with Crippen LogP contribution in [0.3, 0.4) is 0 Å². The summed E-state index contributed by atoms with van der Waals surface area (Å²) in [6.07, 6.45) is 0. The van der Waals surface area contributed by atoms with Crippen LogP contribution >= 0.6 is 11.6 Å². The number of anilines is 2. The molecule has 0 aromatic heterocycles. The Morgan fingerprint density at radius 2 is 2.10 bits per heavy atom. The molecule has 5 heteroatoms. The Bertz CT molecular complexity index is 671. The van der Waals surface area contributed by atoms with Crippen molar-refractivity contribution in [1.29, 1.82) is 0 Å². The molecule has 0 aliphatic rings. The maximum absolute atomic E-state index is 12.5. The van der Waals surface area contributed by atoms with Crippen LogP contribution in [0.15, 0.2) is 36.4 Å². The topological polar surface area (TPSA) is 64.3 Å². The number of hydrogen-bond acceptors (Lipinski definition) is 3. The Morgan fingerprint density at radius 1 is 1.33 bits per heavy atom. The number of ether oxygens (including phenoxy) is 1. The van der Waals surface area contributed by atoms with Gasteiger partial charge in [-0.25, -0.2) is 0 Å². The Labute approximate surface area is 128 Å². The number of aryl methyl sites for hydroxylation is 1. The third-order valence-corrected chi connectivity index (χ3v) is 3.27. The molecule has 0 saturated carbocycles. The third-order valence-electron chi connectivity index (χ3n) is 3.03. The van der Waals surface area contributed by atoms with Crippen molar-refractivity contribution in [1.82, 2.24) is 0 Å². The van der Waals surface area contributed by atoms with Gasteiger partial charge in [0.15, 0.2) is 0 Å². The number of rotatable bonds is 4. The predicted molar refractivity (Wildman–Crippen MR) is 86.2 cm³/mol. The summed E-state index contributed by atoms with van der Waals surface area (Å²) in [4.78, 5) is 12.5. The van der Waals surface area contributed by atoms with Gasteiger partial charge in [-0.15, -0.1) is 0 Å². The fraction of sp³-hybridized carbons (Fsp3) is 0.188. The molecule has 0 bridgehead atoms. The van der Waals surface area contributed by atoms with Gasteiger partial charge in [0, 0.05) is 16.4 Å². The zero-order valence-electron chi connectivity index (χ0n) is 11.9. The molecule has 0 spiro atoms. The molecule has 2 aromatic rings. The number of nitrogens with two attached hydrogens (primary N) is 1. The summed E-state index contributed by atoms with van der Waals surface area (Å²) in [5.74, 6) is 0.150. The first-order chi connectivity index (χ1) is 10.0. The summed E-state index contributed by atoms with van der Waals surface area (Å²) in [5, 5.41) is 3.38. The first-order valence-electron chi connectivity index (χ1n) is 6.61. The Balaban J connectivity index is 2.34. The Kier molecular flexibility index (Phi) is 4.70. The second kappa shape index (κ2) is 6.50. The van der Waals surface area contributed by atoms with E-state index in [9.17, 15) is 4.79 Å². The lowest BCUT2D eigenvalue weighted by Crippen LogP contribution is -2.16. The fourth-order valence-electron chi connectivity index (χ4n) is 1.98. The van der Waals surface area contributed by atoms with E-state index in [1.807, 2.05) is 19.9 Å². The van der Waals surface area contributed by atoms with Gasteiger partial charge in [-0.05, 0) is 43.7 Å². The van der Waals surface area contributed by atoms with E-state index in [1.165, 1.54) is 0 Å². The summed E-state index contributed by atoms with van der Waals surface area (Å²) in [6.45, 7) is 4.20. The van der Waals surface area contributed by atoms with Crippen LogP contribution in [-0.4, -0.2) is 12.5 Å². The van der Waals surface area contributed by atoms with Gasteiger partial charge in [0.25, 0.3) is 5.91 Å². The standard InChI is InChI=1S/C16H17ClN2O2/c1-3-21-14-6-4-5-12(18)15(14)16(20)19-13-9-11(17)8-7-10(13)2/h4-9H,3,18H2,1-2H3,(H,19,20). The Hall–Kier alpha value is -2.20. The number of nitrogen functional groups attached to an aromatic ring is 1. The minimum Gasteiger partial charge on any atom is -0.493 e. The summed E-state index contributed by atoms with van der Waals surface area (Å²) >= 11 is 5.96. The molecular formula is C16H17ClN2O2. The van der Waals surface area contributed by atoms with Crippen LogP contribution in [0.25, 0.3) is 0 Å². The fourth-order valence-corrected chi connectivity index (χ4v) is 2.15. The number of amides is 1. The second-order valence-corrected chi connectivity index (χ2v) is 5.00. The van der Waals surface area contributed by atoms with Crippen molar-refractivity contribution >= 4 is 28.9 Å². The maximum atomic E-state index is 12.5. The number of hydrogen-bond donors (Lipinski definition) is 2. The van der Waals surface area contributed by atoms with E-state index in [1.54, 1.807) is 30.3 Å². The van der Waals surface area contributed by atoms with Gasteiger partial charge < -0.3 is 15.8 Å². The van der Waals surface area contributed by atoms with Crippen molar-refractivity contribution in [3.63, 3.8) is 0 Å². The largest absolute Gasteiger partial charge is 0.493 e. The normalized spacial score (nSPS) is 10.2. The SMILES string of the molecule is CCOc1cccc(N)c1C(=O)Nc1cc(Cl)ccc1C. The minimum atomic E-state index is -0.318. The van der Waals surface area contributed by atoms with Crippen LogP contribution in [-0.2, 0) is 0 Å². The molecule has 0 aliphatic carbocycles. The summed E-state index contributed by atoms with van der Waals surface area (Å²) < 4.78 is 5.46. The minimum absolute atomic E-state index is 0.318. The molecule has 0 fully saturated rings. The van der Waals surface area contributed by atoms with Crippen molar-refractivity contribution in [3.05, 3.63) is 52.5 Å². The monoisotopic (exact) mass is 304 g/mol. The molecule has 0 heterocycles. The Morgan fingerprint density at radius 3 is 2.81 bits per heavy atom. The van der Waals surface area contributed by atoms with Crippen molar-refractivity contribution in [3.8, 4) is 5.75 Å². The first-order valence-corrected chi connectivity index (χ1v) is 6.99. The van der Waals surface area contributed by atoms with Crippen LogP contribution < -0.4 is 15.8 Å². The van der Waals surface area contributed by atoms with Crippen molar-refractivity contribution in [2.24, 2.45) is 0 Å². The van der Waals surface area contributed by atoms with Crippen LogP contribution in [0.2, 0.25) is 5.02 Å². The molecule has 110 valence electrons. The molecule has 21 heavy (non-hydrogen) atoms. The number of carbonyl (C=O) groups is 1. The van der Waals surface area contributed by atoms with E-state index in [-0.39, 0.29) is 5.91 Å². The van der Waals surface area contributed by atoms with E-state index in [2.05, 4.69) is 5.32 Å². The summed E-state index contributed by atoms with van der Waals surface area (Å²) in [5.41, 5.74) is 8.18. The first kappa shape index (κ1) is 15.2. The highest BCUT2D eigenvalue weighted by Gasteiger charge is 2.17. The number of benzene rings is 2. The average molecular weight is 305 g/mol. The number of carbonyl (C=O) groups excluding carboxylic acids is 1. The van der Waals surface area contributed by atoms with Gasteiger partial charge in [0.05, 0.1) is 6.61 Å². The van der Waals surface area contributed by atoms with Crippen LogP contribution in [0.4, 0.5) is 11.4 Å². The van der Waals surface area contributed by atoms with E-state index in [4.69, 9.17) is 22.1 Å². The predicted octanol–water partition coefficient (Wildman–Crippen LogP) is 3.88. The quantitative estimate of drug-likeness (QED) is 0.842. The van der Waals surface area contributed by atoms with Gasteiger partial charge >= 0.3 is 0 Å². The molecule has 0 atom stereocenters. The second-order valence-electron chi connectivity index (χ2n) is 4.57. The molecule has 0 unspecified atom stereocenters. The molecular weight excluding hydrogens is 288 g/mol. The molecule has 1 amide bonds. The van der Waals surface area contributed by atoms with Crippen LogP contribution in [0.1, 0.15) is 22.8 Å². The number of nitrogens with one attached hydrogen (secondary N) is 1. The van der Waals surface area contributed by atoms with Gasteiger partial charge in [-0.2, -0.15) is 0 Å². The van der Waals surface area contributed by atoms with Crippen molar-refractivity contribution < 1.29 is 9.53 Å². The average Bonchev–Trinajstić information content (AvgIpc) is 2.43. The maximum Gasteiger partial charge on any atom is 0.261 e. The van der Waals surface area contributed by atoms with Crippen LogP contribution in [0.5, 0.6) is 5.75 Å². The molecule has 0 radical (unpaired) electrons. The lowest BCUT2D eigenvalue weighted by molar-refractivity contribution is 0.102. The summed E-state index contributed by atoms with van der Waals surface area (Å²) in [6, 6.07) is 10.5. The van der Waals surface area contributed by atoms with E-state index < -0.39 is 0 Å². The molecule has 3 N–H and O–H groups in total.